The SMILES string of the molecule is CCOC(=O)c1cnn(CCOc2ccc(N)cc2)c1. The summed E-state index contributed by atoms with van der Waals surface area (Å²) in [5.74, 6) is 0.384. The Morgan fingerprint density at radius 3 is 2.80 bits per heavy atom. The highest BCUT2D eigenvalue weighted by molar-refractivity contribution is 5.88. The molecule has 0 amide bonds. The second-order valence-electron chi connectivity index (χ2n) is 4.13. The molecule has 0 bridgehead atoms. The van der Waals surface area contributed by atoms with Gasteiger partial charge in [-0.25, -0.2) is 4.79 Å². The second kappa shape index (κ2) is 6.60. The van der Waals surface area contributed by atoms with Crippen molar-refractivity contribution in [1.82, 2.24) is 9.78 Å². The fourth-order valence-electron chi connectivity index (χ4n) is 1.63. The molecule has 1 heterocycles. The van der Waals surface area contributed by atoms with Crippen molar-refractivity contribution in [2.75, 3.05) is 18.9 Å². The highest BCUT2D eigenvalue weighted by atomic mass is 16.5. The van der Waals surface area contributed by atoms with Gasteiger partial charge >= 0.3 is 5.97 Å². The van der Waals surface area contributed by atoms with Crippen molar-refractivity contribution < 1.29 is 14.3 Å². The number of hydrogen-bond donors (Lipinski definition) is 1. The summed E-state index contributed by atoms with van der Waals surface area (Å²) in [4.78, 5) is 11.5. The van der Waals surface area contributed by atoms with Crippen LogP contribution in [0, 0.1) is 0 Å². The molecule has 6 heteroatoms. The molecule has 2 N–H and O–H groups in total. The van der Waals surface area contributed by atoms with Gasteiger partial charge in [-0.3, -0.25) is 4.68 Å². The highest BCUT2D eigenvalue weighted by Gasteiger charge is 2.08. The predicted molar refractivity (Wildman–Crippen MR) is 74.5 cm³/mol. The summed E-state index contributed by atoms with van der Waals surface area (Å²) >= 11 is 0. The van der Waals surface area contributed by atoms with Gasteiger partial charge in [-0.1, -0.05) is 0 Å². The zero-order valence-corrected chi connectivity index (χ0v) is 11.3. The summed E-state index contributed by atoms with van der Waals surface area (Å²) in [6.45, 7) is 3.12. The molecule has 6 nitrogen and oxygen atoms in total. The molecular formula is C14H17N3O3. The number of carbonyl (C=O) groups is 1. The zero-order chi connectivity index (χ0) is 14.4. The minimum Gasteiger partial charge on any atom is -0.492 e. The third-order valence-electron chi connectivity index (χ3n) is 2.61. The van der Waals surface area contributed by atoms with Crippen LogP contribution in [0.1, 0.15) is 17.3 Å². The van der Waals surface area contributed by atoms with Gasteiger partial charge in [-0.15, -0.1) is 0 Å². The average molecular weight is 275 g/mol. The lowest BCUT2D eigenvalue weighted by molar-refractivity contribution is 0.0526. The predicted octanol–water partition coefficient (Wildman–Crippen LogP) is 1.72. The van der Waals surface area contributed by atoms with Crippen molar-refractivity contribution >= 4 is 11.7 Å². The Kier molecular flexibility index (Phi) is 4.60. The Balaban J connectivity index is 1.82. The number of anilines is 1. The van der Waals surface area contributed by atoms with E-state index in [0.29, 0.717) is 31.0 Å². The summed E-state index contributed by atoms with van der Waals surface area (Å²) in [5, 5.41) is 4.08. The van der Waals surface area contributed by atoms with Crippen LogP contribution < -0.4 is 10.5 Å². The molecule has 2 aromatic rings. The fourth-order valence-corrected chi connectivity index (χ4v) is 1.63. The summed E-state index contributed by atoms with van der Waals surface area (Å²) in [7, 11) is 0. The summed E-state index contributed by atoms with van der Waals surface area (Å²) in [6, 6.07) is 7.18. The number of carbonyl (C=O) groups excluding carboxylic acids is 1. The Morgan fingerprint density at radius 2 is 2.10 bits per heavy atom. The molecule has 2 rings (SSSR count). The fraction of sp³-hybridized carbons (Fsp3) is 0.286. The summed E-state index contributed by atoms with van der Waals surface area (Å²) in [5.41, 5.74) is 6.73. The van der Waals surface area contributed by atoms with Crippen LogP contribution in [0.4, 0.5) is 5.69 Å². The van der Waals surface area contributed by atoms with Gasteiger partial charge in [-0.05, 0) is 31.2 Å². The van der Waals surface area contributed by atoms with Crippen LogP contribution in [0.25, 0.3) is 0 Å². The molecule has 0 fully saturated rings. The van der Waals surface area contributed by atoms with E-state index in [9.17, 15) is 4.79 Å². The van der Waals surface area contributed by atoms with E-state index in [1.165, 1.54) is 6.20 Å². The number of esters is 1. The first-order valence-electron chi connectivity index (χ1n) is 6.37. The second-order valence-corrected chi connectivity index (χ2v) is 4.13. The Bertz CT molecular complexity index is 563. The Morgan fingerprint density at radius 1 is 1.35 bits per heavy atom. The number of aromatic nitrogens is 2. The maximum Gasteiger partial charge on any atom is 0.341 e. The molecule has 20 heavy (non-hydrogen) atoms. The topological polar surface area (TPSA) is 79.4 Å². The maximum absolute atomic E-state index is 11.5. The zero-order valence-electron chi connectivity index (χ0n) is 11.3. The van der Waals surface area contributed by atoms with Crippen molar-refractivity contribution in [3.05, 3.63) is 42.2 Å². The molecule has 0 unspecified atom stereocenters. The quantitative estimate of drug-likeness (QED) is 0.641. The monoisotopic (exact) mass is 275 g/mol. The largest absolute Gasteiger partial charge is 0.492 e. The number of rotatable bonds is 6. The van der Waals surface area contributed by atoms with E-state index in [2.05, 4.69) is 5.10 Å². The van der Waals surface area contributed by atoms with E-state index in [4.69, 9.17) is 15.2 Å². The van der Waals surface area contributed by atoms with Crippen molar-refractivity contribution in [2.45, 2.75) is 13.5 Å². The van der Waals surface area contributed by atoms with Crippen LogP contribution in [0.15, 0.2) is 36.7 Å². The Hall–Kier alpha value is -2.50. The van der Waals surface area contributed by atoms with E-state index >= 15 is 0 Å². The van der Waals surface area contributed by atoms with Crippen LogP contribution in [0.3, 0.4) is 0 Å². The first kappa shape index (κ1) is 13.9. The van der Waals surface area contributed by atoms with E-state index in [1.807, 2.05) is 12.1 Å². The molecule has 1 aromatic carbocycles. The average Bonchev–Trinajstić information content (AvgIpc) is 2.90. The van der Waals surface area contributed by atoms with Gasteiger partial charge in [-0.2, -0.15) is 5.10 Å². The molecule has 0 aliphatic carbocycles. The molecule has 106 valence electrons. The van der Waals surface area contributed by atoms with Crippen LogP contribution in [0.5, 0.6) is 5.75 Å². The van der Waals surface area contributed by atoms with Gasteiger partial charge in [0, 0.05) is 11.9 Å². The van der Waals surface area contributed by atoms with E-state index < -0.39 is 0 Å². The highest BCUT2D eigenvalue weighted by Crippen LogP contribution is 2.13. The van der Waals surface area contributed by atoms with E-state index in [0.717, 1.165) is 5.75 Å². The lowest BCUT2D eigenvalue weighted by atomic mass is 10.3. The van der Waals surface area contributed by atoms with Crippen LogP contribution in [-0.4, -0.2) is 29.0 Å². The molecule has 0 spiro atoms. The standard InChI is InChI=1S/C14H17N3O3/c1-2-19-14(18)11-9-16-17(10-11)7-8-20-13-5-3-12(15)4-6-13/h3-6,9-10H,2,7-8,15H2,1H3. The lowest BCUT2D eigenvalue weighted by Crippen LogP contribution is -2.09. The molecule has 0 atom stereocenters. The van der Waals surface area contributed by atoms with Gasteiger partial charge in [0.1, 0.15) is 12.4 Å². The van der Waals surface area contributed by atoms with Gasteiger partial charge in [0.25, 0.3) is 0 Å². The molecule has 0 aliphatic heterocycles. The smallest absolute Gasteiger partial charge is 0.341 e. The lowest BCUT2D eigenvalue weighted by Gasteiger charge is -2.06. The normalized spacial score (nSPS) is 10.2. The first-order valence-corrected chi connectivity index (χ1v) is 6.37. The summed E-state index contributed by atoms with van der Waals surface area (Å²) in [6.07, 6.45) is 3.13. The molecule has 0 radical (unpaired) electrons. The number of ether oxygens (including phenoxy) is 2. The maximum atomic E-state index is 11.5. The van der Waals surface area contributed by atoms with Crippen LogP contribution >= 0.6 is 0 Å². The molecule has 0 aliphatic rings. The minimum absolute atomic E-state index is 0.351. The van der Waals surface area contributed by atoms with Crippen molar-refractivity contribution in [3.63, 3.8) is 0 Å². The van der Waals surface area contributed by atoms with Crippen molar-refractivity contribution in [1.29, 1.82) is 0 Å². The van der Waals surface area contributed by atoms with Gasteiger partial charge in [0.05, 0.1) is 24.9 Å². The van der Waals surface area contributed by atoms with E-state index in [1.54, 1.807) is 29.9 Å². The molecule has 0 saturated carbocycles. The number of hydrogen-bond acceptors (Lipinski definition) is 5. The first-order chi connectivity index (χ1) is 9.69. The number of nitrogen functional groups attached to an aromatic ring is 1. The minimum atomic E-state index is -0.363. The Labute approximate surface area is 117 Å². The van der Waals surface area contributed by atoms with Gasteiger partial charge in [0.2, 0.25) is 0 Å². The molecule has 1 aromatic heterocycles. The van der Waals surface area contributed by atoms with Crippen LogP contribution in [-0.2, 0) is 11.3 Å². The third kappa shape index (κ3) is 3.74. The van der Waals surface area contributed by atoms with Gasteiger partial charge < -0.3 is 15.2 Å². The molecule has 0 saturated heterocycles. The number of nitrogens with zero attached hydrogens (tertiary/aromatic N) is 2. The third-order valence-corrected chi connectivity index (χ3v) is 2.61. The van der Waals surface area contributed by atoms with E-state index in [-0.39, 0.29) is 5.97 Å². The van der Waals surface area contributed by atoms with Crippen LogP contribution in [0.2, 0.25) is 0 Å². The number of nitrogens with two attached hydrogens (primary N) is 1. The number of benzene rings is 1. The summed E-state index contributed by atoms with van der Waals surface area (Å²) < 4.78 is 12.1. The van der Waals surface area contributed by atoms with Crippen molar-refractivity contribution in [3.8, 4) is 5.75 Å². The molecular weight excluding hydrogens is 258 g/mol. The van der Waals surface area contributed by atoms with Gasteiger partial charge in [0.15, 0.2) is 0 Å². The van der Waals surface area contributed by atoms with Crippen molar-refractivity contribution in [2.24, 2.45) is 0 Å².